The van der Waals surface area contributed by atoms with E-state index in [0.717, 1.165) is 0 Å². The van der Waals surface area contributed by atoms with Crippen LogP contribution in [0.2, 0.25) is 0 Å². The fourth-order valence-corrected chi connectivity index (χ4v) is 1.33. The molecule has 1 amide bonds. The first-order chi connectivity index (χ1) is 8.74. The second-order valence-electron chi connectivity index (χ2n) is 3.56. The summed E-state index contributed by atoms with van der Waals surface area (Å²) >= 11 is 0. The first kappa shape index (κ1) is 12.1. The van der Waals surface area contributed by atoms with Gasteiger partial charge in [0.15, 0.2) is 6.61 Å². The van der Waals surface area contributed by atoms with Crippen molar-refractivity contribution >= 4 is 5.91 Å². The van der Waals surface area contributed by atoms with Crippen molar-refractivity contribution in [3.63, 3.8) is 0 Å². The van der Waals surface area contributed by atoms with Crippen LogP contribution in [0.3, 0.4) is 0 Å². The Kier molecular flexibility index (Phi) is 3.90. The molecule has 6 heteroatoms. The summed E-state index contributed by atoms with van der Waals surface area (Å²) in [5.74, 6) is 0.288. The van der Waals surface area contributed by atoms with Gasteiger partial charge >= 0.3 is 0 Å². The molecular formula is C12H12FN3O2. The molecule has 0 aliphatic rings. The van der Waals surface area contributed by atoms with Crippen LogP contribution in [0.15, 0.2) is 36.7 Å². The molecule has 18 heavy (non-hydrogen) atoms. The number of imidazole rings is 1. The Morgan fingerprint density at radius 2 is 2.39 bits per heavy atom. The third-order valence-corrected chi connectivity index (χ3v) is 2.17. The van der Waals surface area contributed by atoms with E-state index >= 15 is 0 Å². The minimum atomic E-state index is -0.400. The smallest absolute Gasteiger partial charge is 0.258 e. The highest BCUT2D eigenvalue weighted by Gasteiger charge is 2.04. The summed E-state index contributed by atoms with van der Waals surface area (Å²) < 4.78 is 18.0. The molecule has 0 saturated carbocycles. The van der Waals surface area contributed by atoms with E-state index in [0.29, 0.717) is 18.1 Å². The van der Waals surface area contributed by atoms with Crippen LogP contribution in [0.5, 0.6) is 5.75 Å². The number of ether oxygens (including phenoxy) is 1. The van der Waals surface area contributed by atoms with E-state index in [9.17, 15) is 9.18 Å². The van der Waals surface area contributed by atoms with Crippen molar-refractivity contribution in [2.45, 2.75) is 6.54 Å². The van der Waals surface area contributed by atoms with E-state index in [4.69, 9.17) is 4.74 Å². The van der Waals surface area contributed by atoms with E-state index in [1.54, 1.807) is 18.5 Å². The summed E-state index contributed by atoms with van der Waals surface area (Å²) in [7, 11) is 0. The first-order valence-electron chi connectivity index (χ1n) is 5.37. The number of carbonyl (C=O) groups excluding carboxylic acids is 1. The summed E-state index contributed by atoms with van der Waals surface area (Å²) in [5.41, 5.74) is 0. The van der Waals surface area contributed by atoms with E-state index in [2.05, 4.69) is 15.3 Å². The number of aromatic amines is 1. The van der Waals surface area contributed by atoms with Gasteiger partial charge in [-0.1, -0.05) is 6.07 Å². The molecule has 0 aliphatic heterocycles. The van der Waals surface area contributed by atoms with Crippen molar-refractivity contribution in [1.82, 2.24) is 15.3 Å². The first-order valence-corrected chi connectivity index (χ1v) is 5.37. The second kappa shape index (κ2) is 5.81. The van der Waals surface area contributed by atoms with Crippen LogP contribution in [0.25, 0.3) is 0 Å². The van der Waals surface area contributed by atoms with Crippen LogP contribution in [0.1, 0.15) is 5.82 Å². The molecule has 0 saturated heterocycles. The molecule has 0 bridgehead atoms. The van der Waals surface area contributed by atoms with Gasteiger partial charge in [-0.25, -0.2) is 9.37 Å². The monoisotopic (exact) mass is 249 g/mol. The Labute approximate surface area is 103 Å². The number of nitrogens with zero attached hydrogens (tertiary/aromatic N) is 1. The highest BCUT2D eigenvalue weighted by Crippen LogP contribution is 2.11. The fraction of sp³-hybridized carbons (Fsp3) is 0.167. The lowest BCUT2D eigenvalue weighted by Crippen LogP contribution is -2.28. The summed E-state index contributed by atoms with van der Waals surface area (Å²) in [4.78, 5) is 18.2. The molecule has 94 valence electrons. The lowest BCUT2D eigenvalue weighted by atomic mass is 10.3. The van der Waals surface area contributed by atoms with Gasteiger partial charge in [-0.3, -0.25) is 4.79 Å². The predicted octanol–water partition coefficient (Wildman–Crippen LogP) is 1.24. The van der Waals surface area contributed by atoms with Crippen LogP contribution in [0, 0.1) is 5.82 Å². The van der Waals surface area contributed by atoms with Gasteiger partial charge < -0.3 is 15.0 Å². The number of rotatable bonds is 5. The normalized spacial score (nSPS) is 10.1. The molecule has 1 aromatic heterocycles. The quantitative estimate of drug-likeness (QED) is 0.837. The van der Waals surface area contributed by atoms with Crippen LogP contribution in [-0.4, -0.2) is 22.5 Å². The van der Waals surface area contributed by atoms with Gasteiger partial charge in [0.2, 0.25) is 0 Å². The zero-order valence-corrected chi connectivity index (χ0v) is 9.52. The Hall–Kier alpha value is -2.37. The fourth-order valence-electron chi connectivity index (χ4n) is 1.33. The van der Waals surface area contributed by atoms with Crippen molar-refractivity contribution in [2.75, 3.05) is 6.61 Å². The number of hydrogen-bond acceptors (Lipinski definition) is 3. The number of benzene rings is 1. The van der Waals surface area contributed by atoms with Crippen molar-refractivity contribution in [2.24, 2.45) is 0 Å². The molecule has 2 N–H and O–H groups in total. The topological polar surface area (TPSA) is 67.0 Å². The van der Waals surface area contributed by atoms with Crippen molar-refractivity contribution < 1.29 is 13.9 Å². The molecule has 1 aromatic carbocycles. The van der Waals surface area contributed by atoms with E-state index in [1.807, 2.05) is 0 Å². The number of hydrogen-bond donors (Lipinski definition) is 2. The third kappa shape index (κ3) is 3.58. The molecule has 2 aromatic rings. The largest absolute Gasteiger partial charge is 0.484 e. The average molecular weight is 249 g/mol. The van der Waals surface area contributed by atoms with Crippen molar-refractivity contribution in [3.05, 3.63) is 48.3 Å². The molecule has 2 rings (SSSR count). The number of halogens is 1. The van der Waals surface area contributed by atoms with Gasteiger partial charge in [-0.2, -0.15) is 0 Å². The van der Waals surface area contributed by atoms with E-state index in [-0.39, 0.29) is 12.5 Å². The van der Waals surface area contributed by atoms with Gasteiger partial charge in [0.1, 0.15) is 17.4 Å². The molecule has 1 heterocycles. The third-order valence-electron chi connectivity index (χ3n) is 2.17. The Morgan fingerprint density at radius 1 is 1.50 bits per heavy atom. The second-order valence-corrected chi connectivity index (χ2v) is 3.56. The molecule has 0 radical (unpaired) electrons. The maximum atomic E-state index is 12.8. The molecular weight excluding hydrogens is 237 g/mol. The zero-order chi connectivity index (χ0) is 12.8. The molecule has 0 fully saturated rings. The van der Waals surface area contributed by atoms with Gasteiger partial charge in [-0.15, -0.1) is 0 Å². The van der Waals surface area contributed by atoms with Crippen LogP contribution < -0.4 is 10.1 Å². The van der Waals surface area contributed by atoms with E-state index < -0.39 is 5.82 Å². The Morgan fingerprint density at radius 3 is 3.11 bits per heavy atom. The van der Waals surface area contributed by atoms with Crippen LogP contribution in [0.4, 0.5) is 4.39 Å². The Balaban J connectivity index is 1.75. The minimum absolute atomic E-state index is 0.163. The number of amides is 1. The average Bonchev–Trinajstić information content (AvgIpc) is 2.87. The van der Waals surface area contributed by atoms with Crippen molar-refractivity contribution in [1.29, 1.82) is 0 Å². The summed E-state index contributed by atoms with van der Waals surface area (Å²) in [6.45, 7) is 0.141. The van der Waals surface area contributed by atoms with Crippen LogP contribution in [-0.2, 0) is 11.3 Å². The number of carbonyl (C=O) groups is 1. The lowest BCUT2D eigenvalue weighted by Gasteiger charge is -2.06. The van der Waals surface area contributed by atoms with Gasteiger partial charge in [-0.05, 0) is 12.1 Å². The van der Waals surface area contributed by atoms with Crippen LogP contribution >= 0.6 is 0 Å². The highest BCUT2D eigenvalue weighted by molar-refractivity contribution is 5.77. The number of nitrogens with one attached hydrogen (secondary N) is 2. The standard InChI is InChI=1S/C12H12FN3O2/c13-9-2-1-3-10(6-9)18-8-12(17)16-7-11-14-4-5-15-11/h1-6H,7-8H2,(H,14,15)(H,16,17). The number of H-pyrrole nitrogens is 1. The SMILES string of the molecule is O=C(COc1cccc(F)c1)NCc1ncc[nH]1. The summed E-state index contributed by atoms with van der Waals surface area (Å²) in [6, 6.07) is 5.64. The zero-order valence-electron chi connectivity index (χ0n) is 9.52. The molecule has 0 spiro atoms. The molecule has 0 aliphatic carbocycles. The number of aromatic nitrogens is 2. The van der Waals surface area contributed by atoms with Gasteiger partial charge in [0.25, 0.3) is 5.91 Å². The molecule has 0 atom stereocenters. The van der Waals surface area contributed by atoms with E-state index in [1.165, 1.54) is 18.2 Å². The maximum Gasteiger partial charge on any atom is 0.258 e. The summed E-state index contributed by atoms with van der Waals surface area (Å²) in [5, 5.41) is 2.62. The van der Waals surface area contributed by atoms with Gasteiger partial charge in [0, 0.05) is 18.5 Å². The predicted molar refractivity (Wildman–Crippen MR) is 62.3 cm³/mol. The molecule has 5 nitrogen and oxygen atoms in total. The maximum absolute atomic E-state index is 12.8. The van der Waals surface area contributed by atoms with Crippen molar-refractivity contribution in [3.8, 4) is 5.75 Å². The highest BCUT2D eigenvalue weighted by atomic mass is 19.1. The molecule has 0 unspecified atom stereocenters. The lowest BCUT2D eigenvalue weighted by molar-refractivity contribution is -0.123. The summed E-state index contributed by atoms with van der Waals surface area (Å²) in [6.07, 6.45) is 3.27. The Bertz CT molecular complexity index is 514. The van der Waals surface area contributed by atoms with Gasteiger partial charge in [0.05, 0.1) is 6.54 Å². The minimum Gasteiger partial charge on any atom is -0.484 e.